The number of H-pyrrole nitrogens is 1. The maximum atomic E-state index is 12.3. The number of morpholine rings is 1. The van der Waals surface area contributed by atoms with Gasteiger partial charge in [0.05, 0.1) is 23.8 Å². The van der Waals surface area contributed by atoms with Crippen molar-refractivity contribution in [2.24, 2.45) is 0 Å². The van der Waals surface area contributed by atoms with Crippen molar-refractivity contribution in [2.45, 2.75) is 25.4 Å². The van der Waals surface area contributed by atoms with E-state index >= 15 is 0 Å². The first-order chi connectivity index (χ1) is 14.2. The Bertz CT molecular complexity index is 1060. The molecule has 1 fully saturated rings. The molecule has 0 radical (unpaired) electrons. The van der Waals surface area contributed by atoms with Crippen LogP contribution in [0, 0.1) is 0 Å². The molecule has 0 saturated carbocycles. The van der Waals surface area contributed by atoms with Crippen molar-refractivity contribution in [1.82, 2.24) is 15.5 Å². The third kappa shape index (κ3) is 4.70. The fourth-order valence-corrected chi connectivity index (χ4v) is 3.60. The quantitative estimate of drug-likeness (QED) is 0.599. The van der Waals surface area contributed by atoms with Crippen LogP contribution in [0.5, 0.6) is 0 Å². The number of hydrogen-bond donors (Lipinski definition) is 3. The first-order valence-electron chi connectivity index (χ1n) is 9.91. The molecule has 1 aliphatic rings. The summed E-state index contributed by atoms with van der Waals surface area (Å²) >= 11 is 0. The van der Waals surface area contributed by atoms with E-state index in [0.29, 0.717) is 23.2 Å². The minimum atomic E-state index is -0.217. The fraction of sp³-hybridized carbons (Fsp3) is 0.318. The van der Waals surface area contributed by atoms with Crippen LogP contribution in [0.3, 0.4) is 0 Å². The zero-order valence-corrected chi connectivity index (χ0v) is 16.1. The predicted molar refractivity (Wildman–Crippen MR) is 113 cm³/mol. The van der Waals surface area contributed by atoms with Crippen LogP contribution in [-0.4, -0.2) is 41.9 Å². The number of amides is 1. The Morgan fingerprint density at radius 3 is 2.86 bits per heavy atom. The van der Waals surface area contributed by atoms with Crippen LogP contribution >= 0.6 is 0 Å². The molecule has 1 aromatic heterocycles. The number of aromatic amines is 1. The van der Waals surface area contributed by atoms with E-state index in [1.165, 1.54) is 0 Å². The molecule has 3 aromatic rings. The standard InChI is InChI=1S/C22H24N4O3/c27-20(10-4-7-17-14-23-11-12-29-17)24-16-6-3-5-15(13-16)21-18-8-1-2-9-19(18)22(28)26-25-21/h1-3,5-6,8-9,13,17,23H,4,7,10-12,14H2,(H,24,27)(H,26,28). The minimum Gasteiger partial charge on any atom is -0.376 e. The summed E-state index contributed by atoms with van der Waals surface area (Å²) < 4.78 is 5.66. The molecule has 1 amide bonds. The van der Waals surface area contributed by atoms with Gasteiger partial charge >= 0.3 is 0 Å². The van der Waals surface area contributed by atoms with E-state index in [2.05, 4.69) is 20.8 Å². The Labute approximate surface area is 168 Å². The van der Waals surface area contributed by atoms with Gasteiger partial charge in [-0.15, -0.1) is 0 Å². The fourth-order valence-electron chi connectivity index (χ4n) is 3.60. The summed E-state index contributed by atoms with van der Waals surface area (Å²) in [6.45, 7) is 2.48. The van der Waals surface area contributed by atoms with Crippen molar-refractivity contribution in [3.8, 4) is 11.3 Å². The minimum absolute atomic E-state index is 0.0230. The Morgan fingerprint density at radius 1 is 1.17 bits per heavy atom. The molecule has 0 spiro atoms. The van der Waals surface area contributed by atoms with Gasteiger partial charge in [-0.25, -0.2) is 5.10 Å². The van der Waals surface area contributed by atoms with E-state index < -0.39 is 0 Å². The number of fused-ring (bicyclic) bond motifs is 1. The average molecular weight is 392 g/mol. The Morgan fingerprint density at radius 2 is 2.03 bits per heavy atom. The summed E-state index contributed by atoms with van der Waals surface area (Å²) in [7, 11) is 0. The molecule has 0 aliphatic carbocycles. The lowest BCUT2D eigenvalue weighted by molar-refractivity contribution is -0.116. The second kappa shape index (κ2) is 8.98. The maximum absolute atomic E-state index is 12.3. The molecule has 0 bridgehead atoms. The molecular formula is C22H24N4O3. The Balaban J connectivity index is 1.43. The Kier molecular flexibility index (Phi) is 5.97. The molecule has 2 heterocycles. The number of anilines is 1. The number of carbonyl (C=O) groups excluding carboxylic acids is 1. The van der Waals surface area contributed by atoms with E-state index in [1.807, 2.05) is 42.5 Å². The topological polar surface area (TPSA) is 96.1 Å². The largest absolute Gasteiger partial charge is 0.376 e. The summed E-state index contributed by atoms with van der Waals surface area (Å²) in [5.74, 6) is -0.0230. The number of ether oxygens (including phenoxy) is 1. The van der Waals surface area contributed by atoms with Crippen molar-refractivity contribution in [3.63, 3.8) is 0 Å². The van der Waals surface area contributed by atoms with Gasteiger partial charge in [0.1, 0.15) is 0 Å². The van der Waals surface area contributed by atoms with Crippen molar-refractivity contribution >= 4 is 22.4 Å². The lowest BCUT2D eigenvalue weighted by Gasteiger charge is -2.23. The zero-order chi connectivity index (χ0) is 20.1. The van der Waals surface area contributed by atoms with Crippen LogP contribution in [-0.2, 0) is 9.53 Å². The summed E-state index contributed by atoms with van der Waals surface area (Å²) in [6.07, 6.45) is 2.29. The van der Waals surface area contributed by atoms with E-state index in [1.54, 1.807) is 6.07 Å². The smallest absolute Gasteiger partial charge is 0.272 e. The first-order valence-corrected chi connectivity index (χ1v) is 9.91. The van der Waals surface area contributed by atoms with Crippen LogP contribution in [0.1, 0.15) is 19.3 Å². The number of rotatable bonds is 6. The number of aromatic nitrogens is 2. The maximum Gasteiger partial charge on any atom is 0.272 e. The van der Waals surface area contributed by atoms with Crippen LogP contribution < -0.4 is 16.2 Å². The third-order valence-corrected chi connectivity index (χ3v) is 5.05. The van der Waals surface area contributed by atoms with Crippen LogP contribution in [0.2, 0.25) is 0 Å². The van der Waals surface area contributed by atoms with E-state index in [9.17, 15) is 9.59 Å². The van der Waals surface area contributed by atoms with E-state index in [0.717, 1.165) is 43.5 Å². The highest BCUT2D eigenvalue weighted by molar-refractivity contribution is 5.95. The van der Waals surface area contributed by atoms with E-state index in [-0.39, 0.29) is 17.6 Å². The van der Waals surface area contributed by atoms with Gasteiger partial charge in [0.15, 0.2) is 0 Å². The van der Waals surface area contributed by atoms with Crippen LogP contribution in [0.15, 0.2) is 53.3 Å². The number of nitrogens with one attached hydrogen (secondary N) is 3. The Hall–Kier alpha value is -3.03. The molecule has 1 atom stereocenters. The number of hydrogen-bond acceptors (Lipinski definition) is 5. The lowest BCUT2D eigenvalue weighted by atomic mass is 10.0. The van der Waals surface area contributed by atoms with Crippen LogP contribution in [0.4, 0.5) is 5.69 Å². The normalized spacial score (nSPS) is 16.6. The molecule has 1 aliphatic heterocycles. The summed E-state index contributed by atoms with van der Waals surface area (Å²) in [5, 5.41) is 14.4. The monoisotopic (exact) mass is 392 g/mol. The third-order valence-electron chi connectivity index (χ3n) is 5.05. The average Bonchev–Trinajstić information content (AvgIpc) is 2.75. The van der Waals surface area contributed by atoms with Crippen molar-refractivity contribution in [1.29, 1.82) is 0 Å². The predicted octanol–water partition coefficient (Wildman–Crippen LogP) is 2.69. The zero-order valence-electron chi connectivity index (χ0n) is 16.1. The molecule has 29 heavy (non-hydrogen) atoms. The van der Waals surface area contributed by atoms with Crippen molar-refractivity contribution in [3.05, 3.63) is 58.9 Å². The van der Waals surface area contributed by atoms with Gasteiger partial charge in [-0.05, 0) is 31.0 Å². The second-order valence-electron chi connectivity index (χ2n) is 7.17. The number of carbonyl (C=O) groups is 1. The highest BCUT2D eigenvalue weighted by Crippen LogP contribution is 2.26. The van der Waals surface area contributed by atoms with Gasteiger partial charge in [0, 0.05) is 36.1 Å². The molecule has 2 aromatic carbocycles. The molecular weight excluding hydrogens is 368 g/mol. The highest BCUT2D eigenvalue weighted by atomic mass is 16.5. The van der Waals surface area contributed by atoms with Crippen molar-refractivity contribution < 1.29 is 9.53 Å². The lowest BCUT2D eigenvalue weighted by Crippen LogP contribution is -2.38. The highest BCUT2D eigenvalue weighted by Gasteiger charge is 2.14. The van der Waals surface area contributed by atoms with Gasteiger partial charge < -0.3 is 15.4 Å². The van der Waals surface area contributed by atoms with Gasteiger partial charge in [-0.3, -0.25) is 9.59 Å². The molecule has 1 saturated heterocycles. The second-order valence-corrected chi connectivity index (χ2v) is 7.17. The molecule has 7 heteroatoms. The first kappa shape index (κ1) is 19.3. The van der Waals surface area contributed by atoms with Gasteiger partial charge in [-0.1, -0.05) is 30.3 Å². The molecule has 4 rings (SSSR count). The van der Waals surface area contributed by atoms with Gasteiger partial charge in [0.2, 0.25) is 5.91 Å². The molecule has 150 valence electrons. The molecule has 3 N–H and O–H groups in total. The van der Waals surface area contributed by atoms with Gasteiger partial charge in [-0.2, -0.15) is 5.10 Å². The summed E-state index contributed by atoms with van der Waals surface area (Å²) in [4.78, 5) is 24.3. The van der Waals surface area contributed by atoms with E-state index in [4.69, 9.17) is 4.74 Å². The van der Waals surface area contributed by atoms with Crippen LogP contribution in [0.25, 0.3) is 22.0 Å². The van der Waals surface area contributed by atoms with Gasteiger partial charge in [0.25, 0.3) is 5.56 Å². The number of nitrogens with zero attached hydrogens (tertiary/aromatic N) is 1. The molecule has 1 unspecified atom stereocenters. The molecule has 7 nitrogen and oxygen atoms in total. The summed E-state index contributed by atoms with van der Waals surface area (Å²) in [5.41, 5.74) is 2.00. The van der Waals surface area contributed by atoms with Crippen molar-refractivity contribution in [2.75, 3.05) is 25.0 Å². The summed E-state index contributed by atoms with van der Waals surface area (Å²) in [6, 6.07) is 14.9. The SMILES string of the molecule is O=C(CCCC1CNCCO1)Nc1cccc(-c2n[nH]c(=O)c3ccccc23)c1. The number of benzene rings is 2.